The fraction of sp³-hybridized carbons (Fsp3) is 0. The minimum absolute atomic E-state index is 0. The van der Waals surface area contributed by atoms with Gasteiger partial charge < -0.3 is 13.7 Å². The third kappa shape index (κ3) is 747. The second-order valence-corrected chi connectivity index (χ2v) is 2.51. The smallest absolute Gasteiger partial charge is 0.759 e. The van der Waals surface area contributed by atoms with E-state index in [2.05, 4.69) is 0 Å². The molecular weight excluding hydrogens is 279 g/mol. The normalized spacial score (nSPS) is 9.67. The molecule has 0 fully saturated rings. The Hall–Kier alpha value is 1.26. The molecule has 12 heteroatoms. The fourth-order valence-electron chi connectivity index (χ4n) is 0. The van der Waals surface area contributed by atoms with E-state index in [1.807, 2.05) is 0 Å². The molecule has 0 bridgehead atoms. The summed E-state index contributed by atoms with van der Waals surface area (Å²) in [7, 11) is -10.1. The number of rotatable bonds is 0. The topological polar surface area (TPSA) is 158 Å². The van der Waals surface area contributed by atoms with Crippen molar-refractivity contribution in [2.45, 2.75) is 0 Å². The van der Waals surface area contributed by atoms with E-state index in [0.29, 0.717) is 0 Å². The van der Waals surface area contributed by atoms with E-state index in [9.17, 15) is 0 Å². The van der Waals surface area contributed by atoms with Gasteiger partial charge in [-0.2, -0.15) is 0 Å². The molecule has 0 unspecified atom stereocenters. The first-order chi connectivity index (χ1) is 4.00. The minimum atomic E-state index is -5.17. The van der Waals surface area contributed by atoms with Crippen molar-refractivity contribution in [3.63, 3.8) is 0 Å². The van der Waals surface area contributed by atoms with Gasteiger partial charge in [-0.1, -0.05) is 0 Å². The van der Waals surface area contributed by atoms with E-state index < -0.39 is 20.8 Å². The minimum Gasteiger partial charge on any atom is -0.759 e. The Labute approximate surface area is 102 Å². The van der Waals surface area contributed by atoms with Crippen LogP contribution in [0.1, 0.15) is 0 Å². The zero-order chi connectivity index (χ0) is 9.00. The molecule has 0 aromatic carbocycles. The summed E-state index contributed by atoms with van der Waals surface area (Å²) in [5, 5.41) is 0. The van der Waals surface area contributed by atoms with Crippen LogP contribution in [0.25, 0.3) is 0 Å². The molecule has 0 amide bonds. The van der Waals surface area contributed by atoms with Crippen LogP contribution in [0.4, 0.5) is 0 Å². The second kappa shape index (κ2) is 8.84. The second-order valence-electron chi connectivity index (χ2n) is 0.836. The number of hydrogen-bond acceptors (Lipinski definition) is 7. The van der Waals surface area contributed by atoms with Crippen molar-refractivity contribution in [1.29, 1.82) is 0 Å². The molecule has 0 aliphatic carbocycles. The first kappa shape index (κ1) is 23.2. The summed E-state index contributed by atoms with van der Waals surface area (Å²) in [6.45, 7) is 0. The first-order valence-corrected chi connectivity index (χ1v) is 4.05. The standard InChI is InChI=1S/Cu.Na.2H2O4S/c;;2*1-5(2,3)4/h;;2*(H2,1,2,3,4)/q+2;+1;;/p-3. The van der Waals surface area contributed by atoms with Crippen LogP contribution < -0.4 is 29.6 Å². The molecule has 0 aliphatic rings. The Morgan fingerprint density at radius 3 is 0.917 bits per heavy atom. The zero-order valence-electron chi connectivity index (χ0n) is 5.42. The quantitative estimate of drug-likeness (QED) is 0.261. The van der Waals surface area contributed by atoms with Crippen molar-refractivity contribution >= 4 is 20.8 Å². The molecule has 12 heavy (non-hydrogen) atoms. The van der Waals surface area contributed by atoms with E-state index in [4.69, 9.17) is 35.0 Å². The van der Waals surface area contributed by atoms with Crippen molar-refractivity contribution in [3.05, 3.63) is 0 Å². The molecule has 1 radical (unpaired) electrons. The summed E-state index contributed by atoms with van der Waals surface area (Å²) in [6, 6.07) is 0. The molecule has 0 saturated heterocycles. The van der Waals surface area contributed by atoms with E-state index in [1.54, 1.807) is 0 Å². The van der Waals surface area contributed by atoms with Gasteiger partial charge in [0, 0.05) is 10.4 Å². The summed E-state index contributed by atoms with van der Waals surface area (Å²) in [6.07, 6.45) is 0. The Kier molecular flexibility index (Phi) is 17.1. The van der Waals surface area contributed by atoms with Crippen LogP contribution >= 0.6 is 0 Å². The Morgan fingerprint density at radius 2 is 0.917 bits per heavy atom. The van der Waals surface area contributed by atoms with Crippen LogP contribution in [0.15, 0.2) is 0 Å². The van der Waals surface area contributed by atoms with Crippen LogP contribution in [-0.2, 0) is 37.9 Å². The molecule has 0 aliphatic heterocycles. The predicted molar refractivity (Wildman–Crippen MR) is 22.8 cm³/mol. The molecule has 0 saturated carbocycles. The van der Waals surface area contributed by atoms with Crippen LogP contribution in [0.3, 0.4) is 0 Å². The van der Waals surface area contributed by atoms with E-state index in [0.717, 1.165) is 0 Å². The average Bonchev–Trinajstić information content (AvgIpc) is 1.12. The summed E-state index contributed by atoms with van der Waals surface area (Å²) < 4.78 is 66.9. The van der Waals surface area contributed by atoms with Gasteiger partial charge in [0.2, 0.25) is 10.4 Å². The predicted octanol–water partition coefficient (Wildman–Crippen LogP) is -5.33. The maximum atomic E-state index is 8.63. The van der Waals surface area contributed by atoms with Crippen molar-refractivity contribution in [2.75, 3.05) is 0 Å². The van der Waals surface area contributed by atoms with Crippen molar-refractivity contribution in [3.8, 4) is 0 Å². The van der Waals surface area contributed by atoms with Gasteiger partial charge in [-0.05, 0) is 0 Å². The van der Waals surface area contributed by atoms with Crippen LogP contribution in [0.5, 0.6) is 0 Å². The third-order valence-electron chi connectivity index (χ3n) is 0. The third-order valence-corrected chi connectivity index (χ3v) is 0. The molecule has 0 heterocycles. The summed E-state index contributed by atoms with van der Waals surface area (Å²) in [4.78, 5) is 0. The van der Waals surface area contributed by atoms with Crippen LogP contribution in [0, 0.1) is 0 Å². The van der Waals surface area contributed by atoms with E-state index in [-0.39, 0.29) is 46.6 Å². The van der Waals surface area contributed by atoms with Gasteiger partial charge in [0.25, 0.3) is 0 Å². The van der Waals surface area contributed by atoms with Crippen LogP contribution in [-0.4, -0.2) is 35.0 Å². The molecular formula is HCuNaO8S2. The molecule has 0 rings (SSSR count). The van der Waals surface area contributed by atoms with E-state index >= 15 is 0 Å². The van der Waals surface area contributed by atoms with Crippen molar-refractivity contribution in [2.24, 2.45) is 0 Å². The average molecular weight is 280 g/mol. The Bertz CT molecular complexity index is 213. The maximum Gasteiger partial charge on any atom is 2.00 e. The molecule has 0 aromatic rings. The summed E-state index contributed by atoms with van der Waals surface area (Å²) >= 11 is 0. The summed E-state index contributed by atoms with van der Waals surface area (Å²) in [5.74, 6) is 0. The largest absolute Gasteiger partial charge is 2.00 e. The Balaban J connectivity index is -0.0000000457. The number of hydrogen-bond donors (Lipinski definition) is 1. The fourth-order valence-corrected chi connectivity index (χ4v) is 0. The molecule has 0 atom stereocenters. The SMILES string of the molecule is O=S(=O)([O-])O.O=S(=O)([O-])[O-].[Cu+2].[Na+]. The molecule has 0 spiro atoms. The molecule has 73 valence electrons. The van der Waals surface area contributed by atoms with Gasteiger partial charge in [-0.25, -0.2) is 8.42 Å². The van der Waals surface area contributed by atoms with Gasteiger partial charge >= 0.3 is 46.6 Å². The zero-order valence-corrected chi connectivity index (χ0v) is 10.00. The monoisotopic (exact) mass is 279 g/mol. The van der Waals surface area contributed by atoms with Crippen molar-refractivity contribution in [1.82, 2.24) is 0 Å². The van der Waals surface area contributed by atoms with Gasteiger partial charge in [-0.15, -0.1) is 0 Å². The first-order valence-electron chi connectivity index (χ1n) is 1.35. The van der Waals surface area contributed by atoms with Crippen LogP contribution in [0.2, 0.25) is 0 Å². The van der Waals surface area contributed by atoms with Gasteiger partial charge in [0.05, 0.1) is 0 Å². The van der Waals surface area contributed by atoms with Crippen molar-refractivity contribution < 1.29 is 81.7 Å². The van der Waals surface area contributed by atoms with Gasteiger partial charge in [0.1, 0.15) is 0 Å². The maximum absolute atomic E-state index is 8.63. The van der Waals surface area contributed by atoms with Gasteiger partial charge in [0.15, 0.2) is 0 Å². The molecule has 0 aromatic heterocycles. The Morgan fingerprint density at radius 1 is 0.917 bits per heavy atom. The van der Waals surface area contributed by atoms with E-state index in [1.165, 1.54) is 0 Å². The summed E-state index contributed by atoms with van der Waals surface area (Å²) in [5.41, 5.74) is 0. The molecule has 8 nitrogen and oxygen atoms in total. The van der Waals surface area contributed by atoms with Gasteiger partial charge in [-0.3, -0.25) is 13.0 Å². The molecule has 1 N–H and O–H groups in total.